The van der Waals surface area contributed by atoms with Gasteiger partial charge in [-0.05, 0) is 47.1 Å². The van der Waals surface area contributed by atoms with Crippen LogP contribution in [0.5, 0.6) is 0 Å². The predicted molar refractivity (Wildman–Crippen MR) is 82.9 cm³/mol. The summed E-state index contributed by atoms with van der Waals surface area (Å²) in [7, 11) is 0. The van der Waals surface area contributed by atoms with Crippen molar-refractivity contribution < 1.29 is 0 Å². The van der Waals surface area contributed by atoms with Crippen molar-refractivity contribution >= 4 is 48.9 Å². The van der Waals surface area contributed by atoms with Crippen LogP contribution in [-0.2, 0) is 0 Å². The van der Waals surface area contributed by atoms with Crippen molar-refractivity contribution in [1.82, 2.24) is 0 Å². The molecule has 2 aromatic rings. The fraction of sp³-hybridized carbons (Fsp3) is 0.154. The second kappa shape index (κ2) is 5.87. The van der Waals surface area contributed by atoms with Gasteiger partial charge < -0.3 is 5.32 Å². The van der Waals surface area contributed by atoms with Crippen LogP contribution < -0.4 is 5.32 Å². The molecule has 1 aromatic heterocycles. The summed E-state index contributed by atoms with van der Waals surface area (Å²) in [6, 6.07) is 10.1. The molecule has 1 N–H and O–H groups in total. The topological polar surface area (TPSA) is 35.8 Å². The molecule has 0 aliphatic heterocycles. The lowest BCUT2D eigenvalue weighted by atomic mass is 10.1. The number of halogens is 2. The van der Waals surface area contributed by atoms with Gasteiger partial charge in [-0.15, -0.1) is 11.3 Å². The Kier molecular flexibility index (Phi) is 4.44. The van der Waals surface area contributed by atoms with Gasteiger partial charge in [0.2, 0.25) is 0 Å². The third-order valence-electron chi connectivity index (χ3n) is 2.49. The average molecular weight is 386 g/mol. The number of benzene rings is 1. The van der Waals surface area contributed by atoms with E-state index in [-0.39, 0.29) is 6.04 Å². The minimum atomic E-state index is 0.176. The summed E-state index contributed by atoms with van der Waals surface area (Å²) in [5, 5.41) is 14.5. The van der Waals surface area contributed by atoms with Crippen molar-refractivity contribution in [2.24, 2.45) is 0 Å². The lowest BCUT2D eigenvalue weighted by molar-refractivity contribution is 0.906. The molecule has 1 aromatic carbocycles. The van der Waals surface area contributed by atoms with Crippen LogP contribution in [0.4, 0.5) is 5.69 Å². The lowest BCUT2D eigenvalue weighted by Gasteiger charge is -2.15. The van der Waals surface area contributed by atoms with Crippen molar-refractivity contribution in [1.29, 1.82) is 5.26 Å². The van der Waals surface area contributed by atoms with Gasteiger partial charge in [-0.1, -0.05) is 15.9 Å². The molecule has 1 atom stereocenters. The SMILES string of the molecule is CC(Nc1ccc(Br)cc1C#N)c1cc(Br)cs1. The fourth-order valence-electron chi connectivity index (χ4n) is 1.59. The molecule has 1 heterocycles. The number of nitriles is 1. The van der Waals surface area contributed by atoms with Gasteiger partial charge in [0.05, 0.1) is 17.3 Å². The molecular formula is C13H10Br2N2S. The number of nitrogens with one attached hydrogen (secondary N) is 1. The highest BCUT2D eigenvalue weighted by Crippen LogP contribution is 2.29. The van der Waals surface area contributed by atoms with E-state index in [1.165, 1.54) is 4.88 Å². The van der Waals surface area contributed by atoms with Gasteiger partial charge in [-0.25, -0.2) is 0 Å². The first kappa shape index (κ1) is 13.6. The highest BCUT2D eigenvalue weighted by Gasteiger charge is 2.10. The van der Waals surface area contributed by atoms with E-state index in [0.717, 1.165) is 14.6 Å². The Labute approximate surface area is 127 Å². The molecule has 0 amide bonds. The van der Waals surface area contributed by atoms with E-state index in [4.69, 9.17) is 5.26 Å². The van der Waals surface area contributed by atoms with Crippen molar-refractivity contribution in [2.45, 2.75) is 13.0 Å². The maximum absolute atomic E-state index is 9.11. The fourth-order valence-corrected chi connectivity index (χ4v) is 3.41. The quantitative estimate of drug-likeness (QED) is 0.776. The molecule has 0 bridgehead atoms. The van der Waals surface area contributed by atoms with E-state index in [0.29, 0.717) is 5.56 Å². The predicted octanol–water partition coefficient (Wildman–Crippen LogP) is 5.32. The molecule has 2 nitrogen and oxygen atoms in total. The molecule has 18 heavy (non-hydrogen) atoms. The number of nitrogens with zero attached hydrogens (tertiary/aromatic N) is 1. The van der Waals surface area contributed by atoms with Crippen LogP contribution in [0.2, 0.25) is 0 Å². The van der Waals surface area contributed by atoms with Crippen LogP contribution in [-0.4, -0.2) is 0 Å². The molecule has 92 valence electrons. The minimum Gasteiger partial charge on any atom is -0.377 e. The Balaban J connectivity index is 2.22. The summed E-state index contributed by atoms with van der Waals surface area (Å²) in [5.41, 5.74) is 1.50. The Hall–Kier alpha value is -0.830. The van der Waals surface area contributed by atoms with Crippen molar-refractivity contribution in [3.63, 3.8) is 0 Å². The number of hydrogen-bond acceptors (Lipinski definition) is 3. The maximum atomic E-state index is 9.11. The van der Waals surface area contributed by atoms with Gasteiger partial charge in [-0.2, -0.15) is 5.26 Å². The van der Waals surface area contributed by atoms with Gasteiger partial charge >= 0.3 is 0 Å². The molecule has 0 radical (unpaired) electrons. The molecule has 2 rings (SSSR count). The summed E-state index contributed by atoms with van der Waals surface area (Å²) < 4.78 is 2.00. The number of anilines is 1. The number of hydrogen-bond donors (Lipinski definition) is 1. The first-order chi connectivity index (χ1) is 8.60. The van der Waals surface area contributed by atoms with E-state index in [9.17, 15) is 0 Å². The van der Waals surface area contributed by atoms with Crippen molar-refractivity contribution in [3.8, 4) is 6.07 Å². The molecule has 0 spiro atoms. The highest BCUT2D eigenvalue weighted by molar-refractivity contribution is 9.10. The van der Waals surface area contributed by atoms with E-state index >= 15 is 0 Å². The third-order valence-corrected chi connectivity index (χ3v) is 4.86. The zero-order valence-corrected chi connectivity index (χ0v) is 13.6. The lowest BCUT2D eigenvalue weighted by Crippen LogP contribution is -2.06. The molecule has 0 saturated heterocycles. The van der Waals surface area contributed by atoms with Crippen molar-refractivity contribution in [3.05, 3.63) is 49.0 Å². The first-order valence-electron chi connectivity index (χ1n) is 5.30. The molecule has 0 aliphatic rings. The Morgan fingerprint density at radius 2 is 2.06 bits per heavy atom. The van der Waals surface area contributed by atoms with Crippen LogP contribution in [0.15, 0.2) is 38.6 Å². The van der Waals surface area contributed by atoms with Gasteiger partial charge in [0.25, 0.3) is 0 Å². The van der Waals surface area contributed by atoms with E-state index < -0.39 is 0 Å². The summed E-state index contributed by atoms with van der Waals surface area (Å²) in [4.78, 5) is 1.23. The molecule has 0 fully saturated rings. The largest absolute Gasteiger partial charge is 0.377 e. The number of thiophene rings is 1. The normalized spacial score (nSPS) is 11.9. The van der Waals surface area contributed by atoms with Crippen LogP contribution >= 0.6 is 43.2 Å². The molecule has 0 saturated carbocycles. The van der Waals surface area contributed by atoms with Gasteiger partial charge in [0.1, 0.15) is 6.07 Å². The van der Waals surface area contributed by atoms with E-state index in [1.54, 1.807) is 11.3 Å². The molecular weight excluding hydrogens is 376 g/mol. The second-order valence-electron chi connectivity index (χ2n) is 3.84. The van der Waals surface area contributed by atoms with Crippen LogP contribution in [0, 0.1) is 11.3 Å². The van der Waals surface area contributed by atoms with Gasteiger partial charge in [-0.3, -0.25) is 0 Å². The maximum Gasteiger partial charge on any atom is 0.101 e. The third kappa shape index (κ3) is 3.14. The minimum absolute atomic E-state index is 0.176. The van der Waals surface area contributed by atoms with E-state index in [2.05, 4.69) is 61.6 Å². The van der Waals surface area contributed by atoms with Gasteiger partial charge in [0.15, 0.2) is 0 Å². The summed E-state index contributed by atoms with van der Waals surface area (Å²) in [5.74, 6) is 0. The summed E-state index contributed by atoms with van der Waals surface area (Å²) in [6.45, 7) is 2.08. The van der Waals surface area contributed by atoms with Crippen LogP contribution in [0.1, 0.15) is 23.4 Å². The monoisotopic (exact) mass is 384 g/mol. The molecule has 1 unspecified atom stereocenters. The molecule has 5 heteroatoms. The van der Waals surface area contributed by atoms with Crippen LogP contribution in [0.3, 0.4) is 0 Å². The smallest absolute Gasteiger partial charge is 0.101 e. The Morgan fingerprint density at radius 1 is 1.28 bits per heavy atom. The van der Waals surface area contributed by atoms with Crippen LogP contribution in [0.25, 0.3) is 0 Å². The van der Waals surface area contributed by atoms with E-state index in [1.807, 2.05) is 18.2 Å². The van der Waals surface area contributed by atoms with Gasteiger partial charge in [0, 0.05) is 19.2 Å². The Bertz CT molecular complexity index is 601. The summed E-state index contributed by atoms with van der Waals surface area (Å²) in [6.07, 6.45) is 0. The average Bonchev–Trinajstić information content (AvgIpc) is 2.78. The Morgan fingerprint density at radius 3 is 2.67 bits per heavy atom. The molecule has 0 aliphatic carbocycles. The standard InChI is InChI=1S/C13H10Br2N2S/c1-8(13-5-11(15)7-18-13)17-12-3-2-10(14)4-9(12)6-16/h2-5,7-8,17H,1H3. The number of rotatable bonds is 3. The highest BCUT2D eigenvalue weighted by atomic mass is 79.9. The first-order valence-corrected chi connectivity index (χ1v) is 7.77. The zero-order chi connectivity index (χ0) is 13.1. The second-order valence-corrected chi connectivity index (χ2v) is 6.61. The zero-order valence-electron chi connectivity index (χ0n) is 9.58. The van der Waals surface area contributed by atoms with Crippen molar-refractivity contribution in [2.75, 3.05) is 5.32 Å². The summed E-state index contributed by atoms with van der Waals surface area (Å²) >= 11 is 8.51.